The fraction of sp³-hybridized carbons (Fsp3) is 0.360. The number of amides is 2. The largest absolute Gasteiger partial charge is 0.401 e. The summed E-state index contributed by atoms with van der Waals surface area (Å²) < 4.78 is 39.1. The minimum Gasteiger partial charge on any atom is -0.368 e. The molecule has 2 amide bonds. The van der Waals surface area contributed by atoms with Gasteiger partial charge < -0.3 is 16.0 Å². The Hall–Kier alpha value is -3.73. The highest BCUT2D eigenvalue weighted by molar-refractivity contribution is 5.94. The van der Waals surface area contributed by atoms with Crippen molar-refractivity contribution in [2.45, 2.75) is 46.0 Å². The molecule has 11 heteroatoms. The molecule has 0 aliphatic heterocycles. The predicted molar refractivity (Wildman–Crippen MR) is 130 cm³/mol. The fourth-order valence-electron chi connectivity index (χ4n) is 4.08. The molecule has 0 aromatic carbocycles. The average Bonchev–Trinajstić information content (AvgIpc) is 3.20. The van der Waals surface area contributed by atoms with Gasteiger partial charge in [0.2, 0.25) is 11.8 Å². The quantitative estimate of drug-likeness (QED) is 0.332. The highest BCUT2D eigenvalue weighted by atomic mass is 19.4. The Morgan fingerprint density at radius 3 is 2.50 bits per heavy atom. The van der Waals surface area contributed by atoms with Crippen LogP contribution in [0.3, 0.4) is 0 Å². The third-order valence-corrected chi connectivity index (χ3v) is 5.80. The number of H-pyrrole nitrogens is 1. The van der Waals surface area contributed by atoms with Crippen LogP contribution < -0.4 is 16.4 Å². The fourth-order valence-corrected chi connectivity index (χ4v) is 4.08. The molecule has 5 N–H and O–H groups in total. The van der Waals surface area contributed by atoms with Gasteiger partial charge in [0, 0.05) is 59.5 Å². The number of allylic oxidation sites excluding steroid dienone is 1. The second-order valence-corrected chi connectivity index (χ2v) is 9.14. The first-order valence-electron chi connectivity index (χ1n) is 11.3. The number of rotatable bonds is 9. The van der Waals surface area contributed by atoms with Crippen LogP contribution in [0.1, 0.15) is 38.8 Å². The minimum atomic E-state index is -4.54. The summed E-state index contributed by atoms with van der Waals surface area (Å²) in [6.45, 7) is 5.75. The van der Waals surface area contributed by atoms with Gasteiger partial charge in [-0.3, -0.25) is 19.9 Å². The molecule has 0 fully saturated rings. The number of alkyl halides is 3. The predicted octanol–water partition coefficient (Wildman–Crippen LogP) is 3.70. The molecule has 3 aromatic rings. The molecule has 0 radical (unpaired) electrons. The highest BCUT2D eigenvalue weighted by Gasteiger charge is 2.44. The average molecular weight is 503 g/mol. The molecule has 0 spiro atoms. The Bertz CT molecular complexity index is 1290. The van der Waals surface area contributed by atoms with Gasteiger partial charge in [-0.05, 0) is 37.5 Å². The van der Waals surface area contributed by atoms with Gasteiger partial charge in [-0.25, -0.2) is 4.98 Å². The maximum Gasteiger partial charge on any atom is 0.401 e. The van der Waals surface area contributed by atoms with Crippen molar-refractivity contribution in [1.29, 1.82) is 0 Å². The molecule has 3 aromatic heterocycles. The number of carbonyl (C=O) groups excluding carboxylic acids is 2. The molecule has 1 atom stereocenters. The van der Waals surface area contributed by atoms with E-state index >= 15 is 0 Å². The normalized spacial score (nSPS) is 13.4. The molecule has 36 heavy (non-hydrogen) atoms. The SMILES string of the molecule is CC(C)=CC(=O)NCc1cnc2[nH]cc(-c3cncc([C@@](NCC(F)(F)F)(C(N)=O)C(C)C)c3)c2c1. The number of hydrogen-bond donors (Lipinski definition) is 4. The number of pyridine rings is 2. The number of nitrogens with two attached hydrogens (primary N) is 1. The van der Waals surface area contributed by atoms with Gasteiger partial charge in [-0.2, -0.15) is 13.2 Å². The number of nitrogens with one attached hydrogen (secondary N) is 3. The molecule has 0 saturated carbocycles. The van der Waals surface area contributed by atoms with Crippen LogP contribution in [-0.4, -0.2) is 39.5 Å². The highest BCUT2D eigenvalue weighted by Crippen LogP contribution is 2.34. The number of aromatic nitrogens is 3. The first-order chi connectivity index (χ1) is 16.8. The van der Waals surface area contributed by atoms with Gasteiger partial charge in [0.1, 0.15) is 11.2 Å². The summed E-state index contributed by atoms with van der Waals surface area (Å²) in [4.78, 5) is 36.2. The Morgan fingerprint density at radius 1 is 1.17 bits per heavy atom. The number of primary amides is 1. The van der Waals surface area contributed by atoms with Crippen LogP contribution in [0.25, 0.3) is 22.2 Å². The van der Waals surface area contributed by atoms with E-state index in [0.29, 0.717) is 16.8 Å². The summed E-state index contributed by atoms with van der Waals surface area (Å²) in [5, 5.41) is 5.86. The Kier molecular flexibility index (Phi) is 7.83. The van der Waals surface area contributed by atoms with Gasteiger partial charge in [0.25, 0.3) is 0 Å². The van der Waals surface area contributed by atoms with Crippen LogP contribution in [0.4, 0.5) is 13.2 Å². The lowest BCUT2D eigenvalue weighted by molar-refractivity contribution is -0.139. The summed E-state index contributed by atoms with van der Waals surface area (Å²) in [6, 6.07) is 3.46. The summed E-state index contributed by atoms with van der Waals surface area (Å²) >= 11 is 0. The molecule has 0 saturated heterocycles. The Labute approximate surface area is 206 Å². The van der Waals surface area contributed by atoms with Gasteiger partial charge in [0.05, 0.1) is 6.54 Å². The monoisotopic (exact) mass is 502 g/mol. The zero-order valence-electron chi connectivity index (χ0n) is 20.5. The lowest BCUT2D eigenvalue weighted by atomic mass is 9.79. The van der Waals surface area contributed by atoms with Crippen molar-refractivity contribution in [2.75, 3.05) is 6.54 Å². The molecular weight excluding hydrogens is 473 g/mol. The van der Waals surface area contributed by atoms with Crippen LogP contribution in [0.5, 0.6) is 0 Å². The van der Waals surface area contributed by atoms with Crippen LogP contribution in [-0.2, 0) is 21.7 Å². The third-order valence-electron chi connectivity index (χ3n) is 5.80. The Morgan fingerprint density at radius 2 is 1.89 bits per heavy atom. The number of nitrogens with zero attached hydrogens (tertiary/aromatic N) is 2. The number of carbonyl (C=O) groups is 2. The van der Waals surface area contributed by atoms with Crippen molar-refractivity contribution < 1.29 is 22.8 Å². The topological polar surface area (TPSA) is 126 Å². The summed E-state index contributed by atoms with van der Waals surface area (Å²) in [5.74, 6) is -1.75. The molecule has 0 aliphatic carbocycles. The molecule has 192 valence electrons. The van der Waals surface area contributed by atoms with Gasteiger partial charge in [-0.15, -0.1) is 0 Å². The summed E-state index contributed by atoms with van der Waals surface area (Å²) in [7, 11) is 0. The standard InChI is InChI=1S/C25H29F3N6O2/c1-14(2)5-21(35)31-8-16-6-19-20(12-33-22(19)32-9-16)17-7-18(11-30-10-17)25(15(3)4,23(29)36)34-13-24(26,27)28/h5-7,9-12,15,34H,8,13H2,1-4H3,(H2,29,36)(H,31,35)(H,32,33)/t25-/m1/s1. The van der Waals surface area contributed by atoms with Crippen LogP contribution in [0.15, 0.2) is 48.6 Å². The van der Waals surface area contributed by atoms with E-state index in [1.54, 1.807) is 38.5 Å². The van der Waals surface area contributed by atoms with E-state index < -0.39 is 30.1 Å². The second-order valence-electron chi connectivity index (χ2n) is 9.14. The van der Waals surface area contributed by atoms with E-state index in [2.05, 4.69) is 25.6 Å². The minimum absolute atomic E-state index is 0.218. The maximum atomic E-state index is 13.0. The van der Waals surface area contributed by atoms with Gasteiger partial charge in [0.15, 0.2) is 0 Å². The lowest BCUT2D eigenvalue weighted by Crippen LogP contribution is -2.58. The molecule has 3 heterocycles. The van der Waals surface area contributed by atoms with Gasteiger partial charge >= 0.3 is 6.18 Å². The molecule has 8 nitrogen and oxygen atoms in total. The lowest BCUT2D eigenvalue weighted by Gasteiger charge is -2.36. The smallest absolute Gasteiger partial charge is 0.368 e. The van der Waals surface area contributed by atoms with Crippen LogP contribution in [0.2, 0.25) is 0 Å². The van der Waals surface area contributed by atoms with Crippen molar-refractivity contribution in [3.8, 4) is 11.1 Å². The van der Waals surface area contributed by atoms with E-state index in [-0.39, 0.29) is 18.0 Å². The van der Waals surface area contributed by atoms with E-state index in [4.69, 9.17) is 5.73 Å². The number of aromatic amines is 1. The number of hydrogen-bond acceptors (Lipinski definition) is 5. The van der Waals surface area contributed by atoms with Gasteiger partial charge in [-0.1, -0.05) is 19.4 Å². The molecule has 0 aliphatic rings. The second kappa shape index (κ2) is 10.5. The van der Waals surface area contributed by atoms with Crippen molar-refractivity contribution in [3.63, 3.8) is 0 Å². The van der Waals surface area contributed by atoms with E-state index in [1.807, 2.05) is 19.9 Å². The van der Waals surface area contributed by atoms with E-state index in [0.717, 1.165) is 16.5 Å². The maximum absolute atomic E-state index is 13.0. The zero-order valence-corrected chi connectivity index (χ0v) is 20.5. The summed E-state index contributed by atoms with van der Waals surface area (Å²) in [5.41, 5.74) is 7.53. The molecular formula is C25H29F3N6O2. The first-order valence-corrected chi connectivity index (χ1v) is 11.3. The number of halogens is 3. The molecule has 0 bridgehead atoms. The van der Waals surface area contributed by atoms with Crippen molar-refractivity contribution in [3.05, 3.63) is 59.7 Å². The van der Waals surface area contributed by atoms with Crippen LogP contribution in [0, 0.1) is 5.92 Å². The number of fused-ring (bicyclic) bond motifs is 1. The van der Waals surface area contributed by atoms with E-state index in [9.17, 15) is 22.8 Å². The third kappa shape index (κ3) is 5.91. The zero-order chi connectivity index (χ0) is 26.7. The molecule has 0 unspecified atom stereocenters. The van der Waals surface area contributed by atoms with Crippen molar-refractivity contribution >= 4 is 22.8 Å². The van der Waals surface area contributed by atoms with E-state index in [1.165, 1.54) is 12.3 Å². The van der Waals surface area contributed by atoms with Crippen molar-refractivity contribution in [1.82, 2.24) is 25.6 Å². The first kappa shape index (κ1) is 26.9. The Balaban J connectivity index is 2.01. The van der Waals surface area contributed by atoms with Crippen LogP contribution >= 0.6 is 0 Å². The van der Waals surface area contributed by atoms with Crippen molar-refractivity contribution in [2.24, 2.45) is 11.7 Å². The molecule has 3 rings (SSSR count). The summed E-state index contributed by atoms with van der Waals surface area (Å²) in [6.07, 6.45) is 3.19.